The number of hydrogen-bond donors (Lipinski definition) is 1. The predicted molar refractivity (Wildman–Crippen MR) is 108 cm³/mol. The highest BCUT2D eigenvalue weighted by atomic mass is 32.2. The molecule has 0 aliphatic carbocycles. The van der Waals surface area contributed by atoms with Crippen LogP contribution in [0.4, 0.5) is 0 Å². The quantitative estimate of drug-likeness (QED) is 0.729. The van der Waals surface area contributed by atoms with Crippen molar-refractivity contribution in [2.24, 2.45) is 0 Å². The van der Waals surface area contributed by atoms with E-state index in [0.717, 1.165) is 5.56 Å². The summed E-state index contributed by atoms with van der Waals surface area (Å²) in [7, 11) is -3.07. The zero-order chi connectivity index (χ0) is 19.9. The summed E-state index contributed by atoms with van der Waals surface area (Å²) in [4.78, 5) is 17.8. The molecule has 3 aromatic rings. The molecule has 28 heavy (non-hydrogen) atoms. The van der Waals surface area contributed by atoms with E-state index < -0.39 is 9.84 Å². The zero-order valence-corrected chi connectivity index (χ0v) is 16.6. The van der Waals surface area contributed by atoms with E-state index in [2.05, 4.69) is 10.4 Å². The van der Waals surface area contributed by atoms with Gasteiger partial charge in [-0.3, -0.25) is 4.79 Å². The van der Waals surface area contributed by atoms with Crippen LogP contribution in [0.2, 0.25) is 0 Å². The molecule has 0 bridgehead atoms. The van der Waals surface area contributed by atoms with Gasteiger partial charge in [0.2, 0.25) is 0 Å². The molecule has 0 saturated carbocycles. The fourth-order valence-electron chi connectivity index (χ4n) is 3.51. The van der Waals surface area contributed by atoms with Gasteiger partial charge in [0.05, 0.1) is 34.3 Å². The topological polar surface area (TPSA) is 94.0 Å². The monoisotopic (exact) mass is 398 g/mol. The third kappa shape index (κ3) is 3.52. The largest absolute Gasteiger partial charge is 0.348 e. The van der Waals surface area contributed by atoms with Crippen LogP contribution in [-0.4, -0.2) is 46.6 Å². The van der Waals surface area contributed by atoms with Crippen molar-refractivity contribution in [3.8, 4) is 11.3 Å². The predicted octanol–water partition coefficient (Wildman–Crippen LogP) is 2.60. The third-order valence-electron chi connectivity index (χ3n) is 4.94. The van der Waals surface area contributed by atoms with Crippen LogP contribution < -0.4 is 5.32 Å². The molecule has 0 spiro atoms. The van der Waals surface area contributed by atoms with E-state index in [-0.39, 0.29) is 29.5 Å². The molecular formula is C20H22N4O3S. The third-order valence-corrected chi connectivity index (χ3v) is 6.71. The van der Waals surface area contributed by atoms with Crippen molar-refractivity contribution in [2.45, 2.75) is 32.4 Å². The van der Waals surface area contributed by atoms with Gasteiger partial charge in [-0.1, -0.05) is 30.3 Å². The molecule has 1 atom stereocenters. The minimum Gasteiger partial charge on any atom is -0.348 e. The van der Waals surface area contributed by atoms with Crippen LogP contribution in [0, 0.1) is 0 Å². The van der Waals surface area contributed by atoms with Crippen molar-refractivity contribution in [1.82, 2.24) is 20.1 Å². The number of nitrogens with zero attached hydrogens (tertiary/aromatic N) is 3. The second-order valence-electron chi connectivity index (χ2n) is 7.41. The van der Waals surface area contributed by atoms with Crippen LogP contribution in [-0.2, 0) is 9.84 Å². The smallest absolute Gasteiger partial charge is 0.252 e. The van der Waals surface area contributed by atoms with E-state index in [1.165, 1.54) is 0 Å². The molecule has 1 unspecified atom stereocenters. The van der Waals surface area contributed by atoms with E-state index in [9.17, 15) is 13.2 Å². The highest BCUT2D eigenvalue weighted by Gasteiger charge is 2.30. The maximum atomic E-state index is 13.0. The van der Waals surface area contributed by atoms with Gasteiger partial charge in [0.15, 0.2) is 15.5 Å². The lowest BCUT2D eigenvalue weighted by atomic mass is 10.1. The molecule has 7 nitrogen and oxygen atoms in total. The Morgan fingerprint density at radius 2 is 2.00 bits per heavy atom. The van der Waals surface area contributed by atoms with Crippen molar-refractivity contribution in [3.05, 3.63) is 48.2 Å². The Morgan fingerprint density at radius 3 is 2.64 bits per heavy atom. The number of carbonyl (C=O) groups is 1. The van der Waals surface area contributed by atoms with Crippen LogP contribution in [0.3, 0.4) is 0 Å². The van der Waals surface area contributed by atoms with Gasteiger partial charge in [0.25, 0.3) is 5.91 Å². The summed E-state index contributed by atoms with van der Waals surface area (Å²) >= 11 is 0. The fourth-order valence-corrected chi connectivity index (χ4v) is 5.19. The molecule has 1 aliphatic heterocycles. The van der Waals surface area contributed by atoms with E-state index in [1.807, 2.05) is 44.2 Å². The van der Waals surface area contributed by atoms with E-state index in [0.29, 0.717) is 28.7 Å². The van der Waals surface area contributed by atoms with Gasteiger partial charge in [0, 0.05) is 17.6 Å². The average Bonchev–Trinajstić information content (AvgIpc) is 3.24. The number of sulfone groups is 1. The maximum absolute atomic E-state index is 13.0. The highest BCUT2D eigenvalue weighted by molar-refractivity contribution is 7.91. The highest BCUT2D eigenvalue weighted by Crippen LogP contribution is 2.26. The molecule has 1 saturated heterocycles. The number of pyridine rings is 1. The lowest BCUT2D eigenvalue weighted by molar-refractivity contribution is 0.0943. The zero-order valence-electron chi connectivity index (χ0n) is 15.8. The summed E-state index contributed by atoms with van der Waals surface area (Å²) in [5.41, 5.74) is 2.68. The number of nitrogens with one attached hydrogen (secondary N) is 1. The number of hydrogen-bond acceptors (Lipinski definition) is 5. The molecular weight excluding hydrogens is 376 g/mol. The number of carbonyl (C=O) groups excluding carboxylic acids is 1. The van der Waals surface area contributed by atoms with Crippen LogP contribution in [0.5, 0.6) is 0 Å². The fraction of sp³-hybridized carbons (Fsp3) is 0.350. The lowest BCUT2D eigenvalue weighted by Gasteiger charge is -2.13. The first-order valence-electron chi connectivity index (χ1n) is 9.29. The van der Waals surface area contributed by atoms with Gasteiger partial charge in [-0.2, -0.15) is 5.10 Å². The van der Waals surface area contributed by atoms with Crippen LogP contribution in [0.25, 0.3) is 22.3 Å². The van der Waals surface area contributed by atoms with Gasteiger partial charge < -0.3 is 5.32 Å². The first kappa shape index (κ1) is 18.6. The summed E-state index contributed by atoms with van der Waals surface area (Å²) in [6, 6.07) is 11.1. The number of aromatic nitrogens is 3. The molecule has 8 heteroatoms. The lowest BCUT2D eigenvalue weighted by Crippen LogP contribution is -2.35. The Bertz CT molecular complexity index is 1140. The summed E-state index contributed by atoms with van der Waals surface area (Å²) < 4.78 is 25.2. The summed E-state index contributed by atoms with van der Waals surface area (Å²) in [5, 5.41) is 7.94. The van der Waals surface area contributed by atoms with Gasteiger partial charge in [0.1, 0.15) is 0 Å². The van der Waals surface area contributed by atoms with E-state index in [4.69, 9.17) is 4.98 Å². The molecule has 1 aromatic carbocycles. The van der Waals surface area contributed by atoms with Crippen molar-refractivity contribution >= 4 is 26.8 Å². The molecule has 2 aromatic heterocycles. The van der Waals surface area contributed by atoms with E-state index in [1.54, 1.807) is 16.9 Å². The van der Waals surface area contributed by atoms with Crippen LogP contribution in [0.15, 0.2) is 42.6 Å². The van der Waals surface area contributed by atoms with Gasteiger partial charge in [-0.25, -0.2) is 18.1 Å². The van der Waals surface area contributed by atoms with Gasteiger partial charge >= 0.3 is 0 Å². The van der Waals surface area contributed by atoms with Crippen molar-refractivity contribution < 1.29 is 13.2 Å². The molecule has 3 heterocycles. The van der Waals surface area contributed by atoms with Crippen molar-refractivity contribution in [2.75, 3.05) is 11.5 Å². The van der Waals surface area contributed by atoms with Gasteiger partial charge in [-0.15, -0.1) is 0 Å². The molecule has 1 fully saturated rings. The molecule has 1 amide bonds. The first-order chi connectivity index (χ1) is 13.3. The minimum atomic E-state index is -3.07. The molecule has 0 radical (unpaired) electrons. The van der Waals surface area contributed by atoms with Crippen molar-refractivity contribution in [3.63, 3.8) is 0 Å². The molecule has 4 rings (SSSR count). The number of rotatable bonds is 4. The van der Waals surface area contributed by atoms with Gasteiger partial charge in [-0.05, 0) is 26.3 Å². The first-order valence-corrected chi connectivity index (χ1v) is 11.1. The van der Waals surface area contributed by atoms with E-state index >= 15 is 0 Å². The Labute approximate surface area is 163 Å². The molecule has 1 N–H and O–H groups in total. The summed E-state index contributed by atoms with van der Waals surface area (Å²) in [5.74, 6) is -0.191. The number of amides is 1. The Morgan fingerprint density at radius 1 is 1.25 bits per heavy atom. The number of benzene rings is 1. The standard InChI is InChI=1S/C20H22N4O3S/c1-13(2)24-19-17(11-21-24)16(10-18(23-19)14-6-4-3-5-7-14)20(25)22-15-8-9-28(26,27)12-15/h3-7,10-11,13,15H,8-9,12H2,1-2H3,(H,22,25). The normalized spacial score (nSPS) is 18.6. The Balaban J connectivity index is 1.79. The Kier molecular flexibility index (Phi) is 4.66. The Hall–Kier alpha value is -2.74. The second kappa shape index (κ2) is 7.01. The SMILES string of the molecule is CC(C)n1ncc2c(C(=O)NC3CCS(=O)(=O)C3)cc(-c3ccccc3)nc21. The summed E-state index contributed by atoms with van der Waals surface area (Å²) in [6.07, 6.45) is 2.09. The molecule has 146 valence electrons. The second-order valence-corrected chi connectivity index (χ2v) is 9.64. The maximum Gasteiger partial charge on any atom is 0.252 e. The average molecular weight is 398 g/mol. The van der Waals surface area contributed by atoms with Crippen LogP contribution in [0.1, 0.15) is 36.7 Å². The number of fused-ring (bicyclic) bond motifs is 1. The van der Waals surface area contributed by atoms with Crippen molar-refractivity contribution in [1.29, 1.82) is 0 Å². The van der Waals surface area contributed by atoms with Crippen LogP contribution >= 0.6 is 0 Å². The minimum absolute atomic E-state index is 0.0102. The summed E-state index contributed by atoms with van der Waals surface area (Å²) in [6.45, 7) is 4.01. The molecule has 1 aliphatic rings.